The van der Waals surface area contributed by atoms with E-state index in [2.05, 4.69) is 17.1 Å². The van der Waals surface area contributed by atoms with Crippen LogP contribution in [0.1, 0.15) is 33.7 Å². The highest BCUT2D eigenvalue weighted by Crippen LogP contribution is 2.44. The molecule has 6 nitrogen and oxygen atoms in total. The fraction of sp³-hybridized carbons (Fsp3) is 0.227. The number of thiazole rings is 1. The molecule has 0 saturated carbocycles. The first kappa shape index (κ1) is 19.1. The van der Waals surface area contributed by atoms with Gasteiger partial charge in [-0.2, -0.15) is 0 Å². The molecule has 1 amide bonds. The van der Waals surface area contributed by atoms with Crippen LogP contribution in [0.2, 0.25) is 0 Å². The molecular weight excluding hydrogens is 388 g/mol. The van der Waals surface area contributed by atoms with Crippen LogP contribution < -0.4 is 0 Å². The monoisotopic (exact) mass is 408 g/mol. The van der Waals surface area contributed by atoms with Crippen LogP contribution in [0.15, 0.2) is 54.0 Å². The number of likely N-dealkylation sites (N-methyl/N-ethyl adjacent to an activating group) is 1. The Hall–Kier alpha value is -3.19. The van der Waals surface area contributed by atoms with Crippen LogP contribution in [0, 0.1) is 6.92 Å². The van der Waals surface area contributed by atoms with Crippen molar-refractivity contribution in [1.29, 1.82) is 0 Å². The van der Waals surface area contributed by atoms with E-state index in [0.717, 1.165) is 27.2 Å². The zero-order valence-corrected chi connectivity index (χ0v) is 16.8. The molecule has 1 aromatic heterocycles. The van der Waals surface area contributed by atoms with Gasteiger partial charge in [0.1, 0.15) is 6.61 Å². The Balaban J connectivity index is 1.54. The van der Waals surface area contributed by atoms with Gasteiger partial charge >= 0.3 is 12.1 Å². The minimum Gasteiger partial charge on any atom is -0.479 e. The molecule has 1 unspecified atom stereocenters. The summed E-state index contributed by atoms with van der Waals surface area (Å²) in [5.41, 5.74) is 6.67. The van der Waals surface area contributed by atoms with Crippen LogP contribution in [0.25, 0.3) is 11.1 Å². The molecule has 0 fully saturated rings. The number of amides is 1. The van der Waals surface area contributed by atoms with Crippen LogP contribution in [-0.4, -0.2) is 40.7 Å². The van der Waals surface area contributed by atoms with Crippen molar-refractivity contribution in [3.8, 4) is 11.1 Å². The van der Waals surface area contributed by atoms with E-state index in [-0.39, 0.29) is 12.5 Å². The molecule has 1 aliphatic carbocycles. The van der Waals surface area contributed by atoms with Crippen molar-refractivity contribution in [2.75, 3.05) is 13.7 Å². The first-order valence-corrected chi connectivity index (χ1v) is 10.1. The minimum atomic E-state index is -1.13. The van der Waals surface area contributed by atoms with Gasteiger partial charge in [0.2, 0.25) is 0 Å². The van der Waals surface area contributed by atoms with Gasteiger partial charge in [0, 0.05) is 13.0 Å². The van der Waals surface area contributed by atoms with Gasteiger partial charge in [-0.25, -0.2) is 14.6 Å². The lowest BCUT2D eigenvalue weighted by molar-refractivity contribution is -0.142. The summed E-state index contributed by atoms with van der Waals surface area (Å²) < 4.78 is 5.58. The number of aryl methyl sites for hydroxylation is 1. The van der Waals surface area contributed by atoms with Gasteiger partial charge in [-0.3, -0.25) is 4.90 Å². The van der Waals surface area contributed by atoms with Crippen LogP contribution in [-0.2, 0) is 9.53 Å². The van der Waals surface area contributed by atoms with Gasteiger partial charge in [-0.15, -0.1) is 11.3 Å². The predicted octanol–water partition coefficient (Wildman–Crippen LogP) is 4.46. The number of carboxylic acids is 1. The number of rotatable bonds is 5. The highest BCUT2D eigenvalue weighted by atomic mass is 32.1. The molecule has 0 radical (unpaired) electrons. The second kappa shape index (κ2) is 7.67. The molecule has 0 aliphatic heterocycles. The molecule has 0 spiro atoms. The van der Waals surface area contributed by atoms with Crippen LogP contribution in [0.5, 0.6) is 0 Å². The number of carbonyl (C=O) groups excluding carboxylic acids is 1. The van der Waals surface area contributed by atoms with Crippen LogP contribution in [0.3, 0.4) is 0 Å². The lowest BCUT2D eigenvalue weighted by atomic mass is 9.98. The topological polar surface area (TPSA) is 79.7 Å². The molecule has 0 bridgehead atoms. The number of aliphatic carboxylic acids is 1. The maximum absolute atomic E-state index is 12.7. The lowest BCUT2D eigenvalue weighted by Gasteiger charge is -2.24. The standard InChI is InChI=1S/C22H20N2O4S/c1-13-20(29-12-23-13)19(21(25)26)24(2)22(27)28-11-18-16-9-5-3-7-14(16)15-8-4-6-10-17(15)18/h3-10,12,18-19H,11H2,1-2H3,(H,25,26). The van der Waals surface area contributed by atoms with Crippen molar-refractivity contribution < 1.29 is 19.4 Å². The molecule has 1 aliphatic rings. The zero-order chi connectivity index (χ0) is 20.5. The number of hydrogen-bond donors (Lipinski definition) is 1. The Morgan fingerprint density at radius 2 is 1.72 bits per heavy atom. The van der Waals surface area contributed by atoms with E-state index in [1.54, 1.807) is 12.4 Å². The van der Waals surface area contributed by atoms with Gasteiger partial charge in [-0.1, -0.05) is 48.5 Å². The van der Waals surface area contributed by atoms with E-state index in [4.69, 9.17) is 4.74 Å². The van der Waals surface area contributed by atoms with Crippen molar-refractivity contribution >= 4 is 23.4 Å². The van der Waals surface area contributed by atoms with E-state index in [1.807, 2.05) is 36.4 Å². The Kier molecular flexibility index (Phi) is 5.07. The number of fused-ring (bicyclic) bond motifs is 3. The highest BCUT2D eigenvalue weighted by molar-refractivity contribution is 7.10. The van der Waals surface area contributed by atoms with Crippen molar-refractivity contribution in [1.82, 2.24) is 9.88 Å². The second-order valence-electron chi connectivity index (χ2n) is 6.96. The maximum atomic E-state index is 12.7. The molecule has 1 N–H and O–H groups in total. The lowest BCUT2D eigenvalue weighted by Crippen LogP contribution is -2.36. The van der Waals surface area contributed by atoms with Crippen molar-refractivity contribution in [3.05, 3.63) is 75.7 Å². The summed E-state index contributed by atoms with van der Waals surface area (Å²) in [5.74, 6) is -1.19. The number of benzene rings is 2. The number of carbonyl (C=O) groups is 2. The quantitative estimate of drug-likeness (QED) is 0.674. The Labute approximate surface area is 172 Å². The Morgan fingerprint density at radius 3 is 2.24 bits per heavy atom. The molecule has 1 atom stereocenters. The van der Waals surface area contributed by atoms with E-state index < -0.39 is 18.1 Å². The van der Waals surface area contributed by atoms with Gasteiger partial charge in [0.15, 0.2) is 6.04 Å². The minimum absolute atomic E-state index is 0.0758. The number of aromatic nitrogens is 1. The van der Waals surface area contributed by atoms with Crippen molar-refractivity contribution in [2.24, 2.45) is 0 Å². The van der Waals surface area contributed by atoms with E-state index >= 15 is 0 Å². The summed E-state index contributed by atoms with van der Waals surface area (Å²) in [7, 11) is 1.44. The fourth-order valence-electron chi connectivity index (χ4n) is 3.83. The molecule has 7 heteroatoms. The predicted molar refractivity (Wildman–Crippen MR) is 110 cm³/mol. The molecule has 1 heterocycles. The first-order valence-electron chi connectivity index (χ1n) is 9.19. The number of nitrogens with zero attached hydrogens (tertiary/aromatic N) is 2. The number of ether oxygens (including phenoxy) is 1. The molecule has 148 valence electrons. The largest absolute Gasteiger partial charge is 0.479 e. The zero-order valence-electron chi connectivity index (χ0n) is 16.0. The third-order valence-corrected chi connectivity index (χ3v) is 6.26. The van der Waals surface area contributed by atoms with Gasteiger partial charge in [-0.05, 0) is 29.2 Å². The summed E-state index contributed by atoms with van der Waals surface area (Å²) >= 11 is 1.22. The summed E-state index contributed by atoms with van der Waals surface area (Å²) in [6.07, 6.45) is -0.674. The Morgan fingerprint density at radius 1 is 1.14 bits per heavy atom. The summed E-state index contributed by atoms with van der Waals surface area (Å²) in [5, 5.41) is 9.66. The summed E-state index contributed by atoms with van der Waals surface area (Å²) in [4.78, 5) is 30.3. The van der Waals surface area contributed by atoms with Gasteiger partial charge < -0.3 is 9.84 Å². The SMILES string of the molecule is Cc1ncsc1C(C(=O)O)N(C)C(=O)OCC1c2ccccc2-c2ccccc21. The van der Waals surface area contributed by atoms with Crippen molar-refractivity contribution in [3.63, 3.8) is 0 Å². The van der Waals surface area contributed by atoms with Crippen LogP contribution in [0.4, 0.5) is 4.79 Å². The Bertz CT molecular complexity index is 1030. The van der Waals surface area contributed by atoms with Gasteiger partial charge in [0.25, 0.3) is 0 Å². The average molecular weight is 408 g/mol. The average Bonchev–Trinajstić information content (AvgIpc) is 3.27. The molecule has 3 aromatic rings. The maximum Gasteiger partial charge on any atom is 0.410 e. The molecule has 29 heavy (non-hydrogen) atoms. The van der Waals surface area contributed by atoms with Gasteiger partial charge in [0.05, 0.1) is 16.1 Å². The summed E-state index contributed by atoms with van der Waals surface area (Å²) in [6.45, 7) is 1.87. The van der Waals surface area contributed by atoms with E-state index in [0.29, 0.717) is 10.6 Å². The second-order valence-corrected chi connectivity index (χ2v) is 7.84. The highest BCUT2D eigenvalue weighted by Gasteiger charge is 2.34. The third-order valence-electron chi connectivity index (χ3n) is 5.28. The smallest absolute Gasteiger partial charge is 0.410 e. The first-order chi connectivity index (χ1) is 14.0. The van der Waals surface area contributed by atoms with Crippen LogP contribution >= 0.6 is 11.3 Å². The molecular formula is C22H20N2O4S. The summed E-state index contributed by atoms with van der Waals surface area (Å²) in [6, 6.07) is 15.0. The number of hydrogen-bond acceptors (Lipinski definition) is 5. The third kappa shape index (κ3) is 3.38. The fourth-order valence-corrected chi connectivity index (χ4v) is 4.76. The van der Waals surface area contributed by atoms with E-state index in [9.17, 15) is 14.7 Å². The normalized spacial score (nSPS) is 13.4. The van der Waals surface area contributed by atoms with Crippen molar-refractivity contribution in [2.45, 2.75) is 18.9 Å². The number of carboxylic acid groups (broad SMARTS) is 1. The molecule has 0 saturated heterocycles. The molecule has 2 aromatic carbocycles. The molecule has 4 rings (SSSR count). The van der Waals surface area contributed by atoms with E-state index in [1.165, 1.54) is 18.4 Å².